The molecule has 0 fully saturated rings. The first-order valence-corrected chi connectivity index (χ1v) is 6.42. The maximum Gasteiger partial charge on any atom is 0.0233 e. The van der Waals surface area contributed by atoms with Crippen LogP contribution in [0.3, 0.4) is 0 Å². The summed E-state index contributed by atoms with van der Waals surface area (Å²) < 4.78 is 0. The average molecular weight is 227 g/mol. The van der Waals surface area contributed by atoms with Crippen molar-refractivity contribution in [1.29, 1.82) is 0 Å². The van der Waals surface area contributed by atoms with E-state index in [1.807, 2.05) is 0 Å². The van der Waals surface area contributed by atoms with Crippen LogP contribution in [0, 0.1) is 0 Å². The Balaban J connectivity index is 2.00. The fourth-order valence-electron chi connectivity index (χ4n) is 2.12. The van der Waals surface area contributed by atoms with Gasteiger partial charge in [-0.15, -0.1) is 0 Å². The third kappa shape index (κ3) is 3.57. The molecule has 0 N–H and O–H groups in total. The lowest BCUT2D eigenvalue weighted by Crippen LogP contribution is -2.35. The molecule has 1 aromatic rings. The van der Waals surface area contributed by atoms with Gasteiger partial charge in [0.15, 0.2) is 0 Å². The number of hydrogen-bond acceptors (Lipinski definition) is 1. The van der Waals surface area contributed by atoms with Crippen molar-refractivity contribution in [3.05, 3.63) is 53.6 Å². The molecule has 0 amide bonds. The number of rotatable bonds is 3. The van der Waals surface area contributed by atoms with E-state index in [0.717, 1.165) is 6.54 Å². The summed E-state index contributed by atoms with van der Waals surface area (Å²) in [6, 6.07) is 11.1. The minimum Gasteiger partial charge on any atom is -0.296 e. The SMILES string of the molecule is CC(C)N1CCC=C(/C=C/c2ccccc2)C1. The van der Waals surface area contributed by atoms with Crippen molar-refractivity contribution >= 4 is 6.08 Å². The molecule has 0 radical (unpaired) electrons. The molecule has 1 heteroatoms. The van der Waals surface area contributed by atoms with E-state index in [4.69, 9.17) is 0 Å². The largest absolute Gasteiger partial charge is 0.296 e. The van der Waals surface area contributed by atoms with Crippen molar-refractivity contribution in [2.75, 3.05) is 13.1 Å². The molecule has 17 heavy (non-hydrogen) atoms. The molecular formula is C16H21N. The van der Waals surface area contributed by atoms with E-state index in [1.165, 1.54) is 24.1 Å². The van der Waals surface area contributed by atoms with Crippen molar-refractivity contribution in [2.24, 2.45) is 0 Å². The molecule has 0 saturated carbocycles. The Morgan fingerprint density at radius 3 is 2.59 bits per heavy atom. The van der Waals surface area contributed by atoms with Gasteiger partial charge in [-0.3, -0.25) is 4.90 Å². The zero-order valence-corrected chi connectivity index (χ0v) is 10.8. The summed E-state index contributed by atoms with van der Waals surface area (Å²) >= 11 is 0. The van der Waals surface area contributed by atoms with E-state index in [0.29, 0.717) is 6.04 Å². The van der Waals surface area contributed by atoms with Gasteiger partial charge in [0.05, 0.1) is 0 Å². The van der Waals surface area contributed by atoms with Crippen molar-refractivity contribution in [3.8, 4) is 0 Å². The topological polar surface area (TPSA) is 3.24 Å². The third-order valence-electron chi connectivity index (χ3n) is 3.23. The third-order valence-corrected chi connectivity index (χ3v) is 3.23. The Bertz CT molecular complexity index is 401. The van der Waals surface area contributed by atoms with E-state index in [2.05, 4.69) is 67.3 Å². The second-order valence-corrected chi connectivity index (χ2v) is 4.88. The normalized spacial score (nSPS) is 17.7. The van der Waals surface area contributed by atoms with Crippen molar-refractivity contribution < 1.29 is 0 Å². The molecule has 0 saturated heterocycles. The average Bonchev–Trinajstić information content (AvgIpc) is 2.38. The van der Waals surface area contributed by atoms with Gasteiger partial charge in [-0.2, -0.15) is 0 Å². The van der Waals surface area contributed by atoms with Gasteiger partial charge in [0.25, 0.3) is 0 Å². The second kappa shape index (κ2) is 5.83. The number of nitrogens with zero attached hydrogens (tertiary/aromatic N) is 1. The zero-order valence-electron chi connectivity index (χ0n) is 10.8. The van der Waals surface area contributed by atoms with E-state index >= 15 is 0 Å². The van der Waals surface area contributed by atoms with Crippen LogP contribution < -0.4 is 0 Å². The summed E-state index contributed by atoms with van der Waals surface area (Å²) in [5.41, 5.74) is 2.71. The Kier molecular flexibility index (Phi) is 4.16. The van der Waals surface area contributed by atoms with Gasteiger partial charge in [0.1, 0.15) is 0 Å². The molecule has 1 nitrogen and oxygen atoms in total. The molecular weight excluding hydrogens is 206 g/mol. The van der Waals surface area contributed by atoms with E-state index < -0.39 is 0 Å². The minimum atomic E-state index is 0.642. The fourth-order valence-corrected chi connectivity index (χ4v) is 2.12. The highest BCUT2D eigenvalue weighted by Gasteiger charge is 2.13. The lowest BCUT2D eigenvalue weighted by Gasteiger charge is -2.29. The molecule has 1 aliphatic heterocycles. The van der Waals surface area contributed by atoms with Crippen molar-refractivity contribution in [2.45, 2.75) is 26.3 Å². The Morgan fingerprint density at radius 2 is 1.88 bits per heavy atom. The van der Waals surface area contributed by atoms with Gasteiger partial charge in [-0.1, -0.05) is 48.6 Å². The Labute approximate surface area is 104 Å². The number of benzene rings is 1. The maximum atomic E-state index is 2.52. The summed E-state index contributed by atoms with van der Waals surface area (Å²) in [6.45, 7) is 6.81. The van der Waals surface area contributed by atoms with E-state index in [-0.39, 0.29) is 0 Å². The van der Waals surface area contributed by atoms with Crippen LogP contribution in [-0.4, -0.2) is 24.0 Å². The maximum absolute atomic E-state index is 2.52. The molecule has 1 aromatic carbocycles. The highest BCUT2D eigenvalue weighted by atomic mass is 15.1. The van der Waals surface area contributed by atoms with Gasteiger partial charge in [-0.25, -0.2) is 0 Å². The van der Waals surface area contributed by atoms with Gasteiger partial charge in [-0.05, 0) is 31.4 Å². The molecule has 0 aromatic heterocycles. The predicted molar refractivity (Wildman–Crippen MR) is 74.9 cm³/mol. The lowest BCUT2D eigenvalue weighted by atomic mass is 10.1. The van der Waals surface area contributed by atoms with Gasteiger partial charge < -0.3 is 0 Å². The molecule has 90 valence electrons. The number of hydrogen-bond donors (Lipinski definition) is 0. The van der Waals surface area contributed by atoms with Crippen molar-refractivity contribution in [3.63, 3.8) is 0 Å². The van der Waals surface area contributed by atoms with Crippen LogP contribution >= 0.6 is 0 Å². The van der Waals surface area contributed by atoms with Crippen LogP contribution in [0.4, 0.5) is 0 Å². The Morgan fingerprint density at radius 1 is 1.12 bits per heavy atom. The summed E-state index contributed by atoms with van der Waals surface area (Å²) in [4.78, 5) is 2.52. The lowest BCUT2D eigenvalue weighted by molar-refractivity contribution is 0.238. The highest BCUT2D eigenvalue weighted by molar-refractivity contribution is 5.53. The van der Waals surface area contributed by atoms with Crippen LogP contribution in [0.5, 0.6) is 0 Å². The van der Waals surface area contributed by atoms with Gasteiger partial charge in [0.2, 0.25) is 0 Å². The molecule has 0 bridgehead atoms. The van der Waals surface area contributed by atoms with Gasteiger partial charge >= 0.3 is 0 Å². The van der Waals surface area contributed by atoms with Crippen LogP contribution in [0.2, 0.25) is 0 Å². The van der Waals surface area contributed by atoms with Gasteiger partial charge in [0, 0.05) is 19.1 Å². The first-order chi connectivity index (χ1) is 8.25. The summed E-state index contributed by atoms with van der Waals surface area (Å²) in [7, 11) is 0. The summed E-state index contributed by atoms with van der Waals surface area (Å²) in [5, 5.41) is 0. The Hall–Kier alpha value is -1.34. The van der Waals surface area contributed by atoms with E-state index in [9.17, 15) is 0 Å². The monoisotopic (exact) mass is 227 g/mol. The van der Waals surface area contributed by atoms with Crippen LogP contribution in [0.25, 0.3) is 6.08 Å². The molecule has 2 rings (SSSR count). The first kappa shape index (κ1) is 12.1. The first-order valence-electron chi connectivity index (χ1n) is 6.42. The predicted octanol–water partition coefficient (Wildman–Crippen LogP) is 3.74. The van der Waals surface area contributed by atoms with Crippen LogP contribution in [0.1, 0.15) is 25.8 Å². The molecule has 0 aliphatic carbocycles. The highest BCUT2D eigenvalue weighted by Crippen LogP contribution is 2.14. The molecule has 1 aliphatic rings. The molecule has 0 spiro atoms. The molecule has 0 unspecified atom stereocenters. The quantitative estimate of drug-likeness (QED) is 0.760. The van der Waals surface area contributed by atoms with Crippen LogP contribution in [-0.2, 0) is 0 Å². The second-order valence-electron chi connectivity index (χ2n) is 4.88. The molecule has 1 heterocycles. The van der Waals surface area contributed by atoms with Crippen molar-refractivity contribution in [1.82, 2.24) is 4.90 Å². The smallest absolute Gasteiger partial charge is 0.0233 e. The summed E-state index contributed by atoms with van der Waals surface area (Å²) in [6.07, 6.45) is 7.99. The summed E-state index contributed by atoms with van der Waals surface area (Å²) in [5.74, 6) is 0. The standard InChI is InChI=1S/C16H21N/c1-14(2)17-12-6-9-16(13-17)11-10-15-7-4-3-5-8-15/h3-5,7-11,14H,6,12-13H2,1-2H3/b11-10+. The van der Waals surface area contributed by atoms with Crippen LogP contribution in [0.15, 0.2) is 48.1 Å². The minimum absolute atomic E-state index is 0.642. The molecule has 0 atom stereocenters. The fraction of sp³-hybridized carbons (Fsp3) is 0.375. The van der Waals surface area contributed by atoms with E-state index in [1.54, 1.807) is 0 Å². The zero-order chi connectivity index (χ0) is 12.1.